The monoisotopic (exact) mass is 530 g/mol. The Balaban J connectivity index is 0.000000216. The van der Waals surface area contributed by atoms with E-state index in [-0.39, 0.29) is 39.6 Å². The zero-order valence-corrected chi connectivity index (χ0v) is 20.4. The van der Waals surface area contributed by atoms with Crippen LogP contribution in [0.3, 0.4) is 0 Å². The molecule has 0 aliphatic heterocycles. The van der Waals surface area contributed by atoms with Crippen molar-refractivity contribution in [1.82, 2.24) is 19.9 Å². The Morgan fingerprint density at radius 2 is 1.21 bits per heavy atom. The molecule has 0 atom stereocenters. The molecule has 2 aromatic heterocycles. The quantitative estimate of drug-likeness (QED) is 0.178. The number of amides is 2. The van der Waals surface area contributed by atoms with Crippen molar-refractivity contribution in [3.05, 3.63) is 96.1 Å². The van der Waals surface area contributed by atoms with Gasteiger partial charge in [-0.1, -0.05) is 12.1 Å². The third-order valence-electron chi connectivity index (χ3n) is 4.94. The molecule has 14 heteroatoms. The van der Waals surface area contributed by atoms with Crippen LogP contribution in [0.2, 0.25) is 0 Å². The Morgan fingerprint density at radius 1 is 0.744 bits per heavy atom. The maximum absolute atomic E-state index is 11.9. The minimum absolute atomic E-state index is 0.00718. The summed E-state index contributed by atoms with van der Waals surface area (Å²) in [5, 5.41) is 14.0. The zero-order chi connectivity index (χ0) is 28.4. The van der Waals surface area contributed by atoms with E-state index in [1.165, 1.54) is 68.6 Å². The molecular formula is C25H22N8O6. The molecule has 7 N–H and O–H groups in total. The molecule has 0 radical (unpaired) electrons. The van der Waals surface area contributed by atoms with Crippen molar-refractivity contribution < 1.29 is 29.0 Å². The molecule has 2 amide bonds. The highest BCUT2D eigenvalue weighted by Gasteiger charge is 2.16. The number of nitrogens with one attached hydrogen (secondary N) is 2. The molecule has 2 aromatic carbocycles. The van der Waals surface area contributed by atoms with E-state index in [4.69, 9.17) is 16.6 Å². The predicted molar refractivity (Wildman–Crippen MR) is 140 cm³/mol. The van der Waals surface area contributed by atoms with Crippen molar-refractivity contribution in [2.45, 2.75) is 0 Å². The van der Waals surface area contributed by atoms with Crippen molar-refractivity contribution in [3.63, 3.8) is 0 Å². The second-order valence-corrected chi connectivity index (χ2v) is 7.42. The molecule has 0 unspecified atom stereocenters. The van der Waals surface area contributed by atoms with Gasteiger partial charge in [0.2, 0.25) is 0 Å². The molecule has 0 fully saturated rings. The highest BCUT2D eigenvalue weighted by atomic mass is 16.5. The number of benzene rings is 2. The van der Waals surface area contributed by atoms with Crippen molar-refractivity contribution in [1.29, 1.82) is 0 Å². The summed E-state index contributed by atoms with van der Waals surface area (Å²) in [6.45, 7) is 0. The first-order chi connectivity index (χ1) is 18.7. The van der Waals surface area contributed by atoms with Gasteiger partial charge in [-0.25, -0.2) is 19.6 Å². The summed E-state index contributed by atoms with van der Waals surface area (Å²) < 4.78 is 4.61. The fourth-order valence-corrected chi connectivity index (χ4v) is 3.03. The first-order valence-electron chi connectivity index (χ1n) is 11.0. The van der Waals surface area contributed by atoms with Gasteiger partial charge in [0.05, 0.1) is 53.4 Å². The minimum Gasteiger partial charge on any atom is -0.478 e. The molecule has 198 valence electrons. The number of methoxy groups -OCH3 is 1. The largest absolute Gasteiger partial charge is 0.478 e. The number of nitrogens with zero attached hydrogens (tertiary/aromatic N) is 4. The van der Waals surface area contributed by atoms with E-state index in [2.05, 4.69) is 35.3 Å². The number of para-hydroxylation sites is 2. The number of aromatic carboxylic acids is 1. The second-order valence-electron chi connectivity index (χ2n) is 7.42. The maximum Gasteiger partial charge on any atom is 0.340 e. The number of carboxylic acids is 1. The van der Waals surface area contributed by atoms with Crippen LogP contribution in [0.4, 0.5) is 22.7 Å². The van der Waals surface area contributed by atoms with Gasteiger partial charge >= 0.3 is 11.9 Å². The van der Waals surface area contributed by atoms with Crippen molar-refractivity contribution in [2.75, 3.05) is 29.2 Å². The van der Waals surface area contributed by atoms with E-state index in [1.54, 1.807) is 12.1 Å². The first-order valence-corrected chi connectivity index (χ1v) is 11.0. The van der Waals surface area contributed by atoms with Crippen LogP contribution in [-0.4, -0.2) is 55.9 Å². The van der Waals surface area contributed by atoms with Crippen LogP contribution in [0.5, 0.6) is 0 Å². The lowest BCUT2D eigenvalue weighted by Gasteiger charge is -2.10. The molecule has 0 saturated carbocycles. The highest BCUT2D eigenvalue weighted by Crippen LogP contribution is 2.24. The van der Waals surface area contributed by atoms with E-state index in [9.17, 15) is 19.2 Å². The highest BCUT2D eigenvalue weighted by molar-refractivity contribution is 6.07. The lowest BCUT2D eigenvalue weighted by Crippen LogP contribution is -2.16. The van der Waals surface area contributed by atoms with Gasteiger partial charge in [0.25, 0.3) is 11.8 Å². The molecule has 2 heterocycles. The molecule has 39 heavy (non-hydrogen) atoms. The lowest BCUT2D eigenvalue weighted by atomic mass is 10.1. The van der Waals surface area contributed by atoms with E-state index in [0.717, 1.165) is 0 Å². The number of hydrogen-bond acceptors (Lipinski definition) is 11. The van der Waals surface area contributed by atoms with E-state index >= 15 is 0 Å². The summed E-state index contributed by atoms with van der Waals surface area (Å²) in [6.07, 6.45) is 8.32. The third kappa shape index (κ3) is 7.07. The summed E-state index contributed by atoms with van der Waals surface area (Å²) in [5.41, 5.74) is 12.5. The molecule has 0 aliphatic carbocycles. The zero-order valence-electron chi connectivity index (χ0n) is 20.4. The molecular weight excluding hydrogens is 508 g/mol. The smallest absolute Gasteiger partial charge is 0.340 e. The minimum atomic E-state index is -1.16. The predicted octanol–water partition coefficient (Wildman–Crippen LogP) is 2.11. The number of nitrogen functional groups attached to an aromatic ring is 2. The number of rotatable bonds is 6. The molecule has 4 aromatic rings. The SMILES string of the molecule is COC(=O)c1cccc(NC(=O)c2cnccn2)c1N.Nc1c(NC(=O)c2cnccn2)cccc1C(=O)O. The average Bonchev–Trinajstić information content (AvgIpc) is 2.96. The van der Waals surface area contributed by atoms with Gasteiger partial charge < -0.3 is 31.9 Å². The van der Waals surface area contributed by atoms with Crippen molar-refractivity contribution in [2.24, 2.45) is 0 Å². The fraction of sp³-hybridized carbons (Fsp3) is 0.0400. The Morgan fingerprint density at radius 3 is 1.62 bits per heavy atom. The molecule has 0 aliphatic rings. The Bertz CT molecular complexity index is 1500. The number of hydrogen-bond donors (Lipinski definition) is 5. The fourth-order valence-electron chi connectivity index (χ4n) is 3.03. The van der Waals surface area contributed by atoms with Gasteiger partial charge in [-0.3, -0.25) is 19.6 Å². The van der Waals surface area contributed by atoms with Crippen molar-refractivity contribution in [3.8, 4) is 0 Å². The Hall–Kier alpha value is -5.92. The normalized spacial score (nSPS) is 9.87. The molecule has 0 saturated heterocycles. The summed E-state index contributed by atoms with van der Waals surface area (Å²) in [6, 6.07) is 9.04. The Labute approximate surface area is 221 Å². The first kappa shape index (κ1) is 27.7. The number of ether oxygens (including phenoxy) is 1. The van der Waals surface area contributed by atoms with Gasteiger partial charge in [0.15, 0.2) is 0 Å². The summed E-state index contributed by atoms with van der Waals surface area (Å²) in [5.74, 6) is -2.71. The maximum atomic E-state index is 11.9. The van der Waals surface area contributed by atoms with Crippen LogP contribution in [0, 0.1) is 0 Å². The number of carbonyl (C=O) groups is 4. The van der Waals surface area contributed by atoms with Gasteiger partial charge in [-0.15, -0.1) is 0 Å². The summed E-state index contributed by atoms with van der Waals surface area (Å²) in [7, 11) is 1.26. The lowest BCUT2D eigenvalue weighted by molar-refractivity contribution is 0.0600. The molecule has 14 nitrogen and oxygen atoms in total. The third-order valence-corrected chi connectivity index (χ3v) is 4.94. The van der Waals surface area contributed by atoms with Crippen molar-refractivity contribution >= 4 is 46.5 Å². The number of anilines is 4. The molecule has 0 bridgehead atoms. The van der Waals surface area contributed by atoms with Gasteiger partial charge in [-0.05, 0) is 24.3 Å². The van der Waals surface area contributed by atoms with Crippen LogP contribution in [0.25, 0.3) is 0 Å². The summed E-state index contributed by atoms with van der Waals surface area (Å²) >= 11 is 0. The van der Waals surface area contributed by atoms with Crippen LogP contribution < -0.4 is 22.1 Å². The van der Waals surface area contributed by atoms with E-state index in [0.29, 0.717) is 5.69 Å². The summed E-state index contributed by atoms with van der Waals surface area (Å²) in [4.78, 5) is 61.5. The van der Waals surface area contributed by atoms with Gasteiger partial charge in [0.1, 0.15) is 11.4 Å². The number of nitrogens with two attached hydrogens (primary N) is 2. The topological polar surface area (TPSA) is 225 Å². The average molecular weight is 531 g/mol. The van der Waals surface area contributed by atoms with Crippen LogP contribution >= 0.6 is 0 Å². The van der Waals surface area contributed by atoms with Crippen LogP contribution in [0.1, 0.15) is 41.7 Å². The van der Waals surface area contributed by atoms with E-state index in [1.807, 2.05) is 0 Å². The standard InChI is InChI=1S/C13H12N4O3.C12H10N4O3/c1-20-13(19)8-3-2-4-9(11(8)14)17-12(18)10-7-15-5-6-16-10;13-10-7(12(18)19)2-1-3-8(10)16-11(17)9-6-14-4-5-15-9/h2-7H,14H2,1H3,(H,17,18);1-6H,13H2,(H,16,17)(H,18,19). The number of esters is 1. The Kier molecular flexibility index (Phi) is 9.13. The van der Waals surface area contributed by atoms with Crippen LogP contribution in [-0.2, 0) is 4.74 Å². The number of aromatic nitrogens is 4. The molecule has 0 spiro atoms. The number of carbonyl (C=O) groups excluding carboxylic acids is 3. The second kappa shape index (κ2) is 12.9. The van der Waals surface area contributed by atoms with Gasteiger partial charge in [0, 0.05) is 24.8 Å². The molecule has 4 rings (SSSR count). The van der Waals surface area contributed by atoms with Gasteiger partial charge in [-0.2, -0.15) is 0 Å². The van der Waals surface area contributed by atoms with Crippen LogP contribution in [0.15, 0.2) is 73.6 Å². The number of carboxylic acid groups (broad SMARTS) is 1. The van der Waals surface area contributed by atoms with E-state index < -0.39 is 23.8 Å².